The number of nitrogens with two attached hydrogens (primary N) is 1. The molecule has 3 nitrogen and oxygen atoms in total. The number of hydrogen-bond donors (Lipinski definition) is 2. The lowest BCUT2D eigenvalue weighted by Gasteiger charge is -2.18. The summed E-state index contributed by atoms with van der Waals surface area (Å²) in [7, 11) is 0. The fraction of sp³-hybridized carbons (Fsp3) is 0.286. The van der Waals surface area contributed by atoms with Crippen LogP contribution in [0.15, 0.2) is 34.9 Å². The molecule has 17 heavy (non-hydrogen) atoms. The van der Waals surface area contributed by atoms with Gasteiger partial charge in [0.05, 0.1) is 12.3 Å². The van der Waals surface area contributed by atoms with Crippen molar-refractivity contribution >= 4 is 0 Å². The molecule has 3 N–H and O–H groups in total. The standard InChI is InChI=1S/C14H18N2O/c1-9-4-5-10(2)13(8-9)14(16-15)12-6-7-17-11(12)3/h4-8,14,16H,15H2,1-3H3. The number of furan rings is 1. The Bertz CT molecular complexity index is 517. The van der Waals surface area contributed by atoms with Gasteiger partial charge >= 0.3 is 0 Å². The average molecular weight is 230 g/mol. The molecule has 1 aromatic carbocycles. The second-order valence-electron chi connectivity index (χ2n) is 4.39. The molecular formula is C14H18N2O. The first kappa shape index (κ1) is 11.9. The van der Waals surface area contributed by atoms with Crippen molar-refractivity contribution in [3.63, 3.8) is 0 Å². The van der Waals surface area contributed by atoms with E-state index in [4.69, 9.17) is 10.3 Å². The summed E-state index contributed by atoms with van der Waals surface area (Å²) in [5.74, 6) is 6.59. The van der Waals surface area contributed by atoms with Crippen LogP contribution in [0.2, 0.25) is 0 Å². The van der Waals surface area contributed by atoms with Crippen molar-refractivity contribution in [2.45, 2.75) is 26.8 Å². The second kappa shape index (κ2) is 4.73. The highest BCUT2D eigenvalue weighted by molar-refractivity contribution is 5.39. The van der Waals surface area contributed by atoms with Crippen molar-refractivity contribution < 1.29 is 4.42 Å². The van der Waals surface area contributed by atoms with Crippen molar-refractivity contribution in [1.82, 2.24) is 5.43 Å². The molecular weight excluding hydrogens is 212 g/mol. The minimum atomic E-state index is -0.0198. The Hall–Kier alpha value is -1.58. The fourth-order valence-corrected chi connectivity index (χ4v) is 2.11. The van der Waals surface area contributed by atoms with Crippen LogP contribution in [0.4, 0.5) is 0 Å². The van der Waals surface area contributed by atoms with Gasteiger partial charge in [0.15, 0.2) is 0 Å². The number of benzene rings is 1. The van der Waals surface area contributed by atoms with E-state index in [2.05, 4.69) is 37.5 Å². The third-order valence-corrected chi connectivity index (χ3v) is 3.12. The van der Waals surface area contributed by atoms with Gasteiger partial charge in [-0.2, -0.15) is 0 Å². The van der Waals surface area contributed by atoms with Gasteiger partial charge in [-0.3, -0.25) is 5.84 Å². The lowest BCUT2D eigenvalue weighted by atomic mass is 9.94. The molecule has 1 unspecified atom stereocenters. The Morgan fingerprint density at radius 1 is 1.12 bits per heavy atom. The summed E-state index contributed by atoms with van der Waals surface area (Å²) < 4.78 is 5.34. The number of aryl methyl sites for hydroxylation is 3. The summed E-state index contributed by atoms with van der Waals surface area (Å²) >= 11 is 0. The molecule has 3 heteroatoms. The zero-order valence-electron chi connectivity index (χ0n) is 10.4. The fourth-order valence-electron chi connectivity index (χ4n) is 2.11. The zero-order chi connectivity index (χ0) is 12.4. The molecule has 1 atom stereocenters. The smallest absolute Gasteiger partial charge is 0.105 e. The van der Waals surface area contributed by atoms with Crippen molar-refractivity contribution in [2.75, 3.05) is 0 Å². The molecule has 90 valence electrons. The Morgan fingerprint density at radius 3 is 2.47 bits per heavy atom. The Morgan fingerprint density at radius 2 is 1.88 bits per heavy atom. The first-order chi connectivity index (χ1) is 8.13. The third-order valence-electron chi connectivity index (χ3n) is 3.12. The lowest BCUT2D eigenvalue weighted by molar-refractivity contribution is 0.519. The minimum absolute atomic E-state index is 0.0198. The highest BCUT2D eigenvalue weighted by Crippen LogP contribution is 2.27. The van der Waals surface area contributed by atoms with Crippen LogP contribution in [-0.2, 0) is 0 Å². The van der Waals surface area contributed by atoms with E-state index in [-0.39, 0.29) is 6.04 Å². The van der Waals surface area contributed by atoms with E-state index >= 15 is 0 Å². The molecule has 0 aliphatic carbocycles. The number of hydrazine groups is 1. The summed E-state index contributed by atoms with van der Waals surface area (Å²) in [4.78, 5) is 0. The highest BCUT2D eigenvalue weighted by Gasteiger charge is 2.18. The molecule has 0 aliphatic heterocycles. The van der Waals surface area contributed by atoms with Crippen LogP contribution in [0.5, 0.6) is 0 Å². The quantitative estimate of drug-likeness (QED) is 0.629. The molecule has 0 amide bonds. The predicted molar refractivity (Wildman–Crippen MR) is 68.5 cm³/mol. The average Bonchev–Trinajstić information content (AvgIpc) is 2.71. The highest BCUT2D eigenvalue weighted by atomic mass is 16.3. The van der Waals surface area contributed by atoms with Gasteiger partial charge in [0.2, 0.25) is 0 Å². The van der Waals surface area contributed by atoms with Crippen LogP contribution in [-0.4, -0.2) is 0 Å². The number of rotatable bonds is 3. The van der Waals surface area contributed by atoms with Crippen molar-refractivity contribution in [1.29, 1.82) is 0 Å². The molecule has 0 aliphatic rings. The van der Waals surface area contributed by atoms with Crippen LogP contribution in [0.25, 0.3) is 0 Å². The van der Waals surface area contributed by atoms with Crippen molar-refractivity contribution in [3.8, 4) is 0 Å². The van der Waals surface area contributed by atoms with Gasteiger partial charge in [-0.1, -0.05) is 23.8 Å². The van der Waals surface area contributed by atoms with E-state index in [0.717, 1.165) is 11.3 Å². The van der Waals surface area contributed by atoms with Crippen LogP contribution in [0.1, 0.15) is 34.1 Å². The van der Waals surface area contributed by atoms with E-state index in [0.29, 0.717) is 0 Å². The molecule has 0 fully saturated rings. The molecule has 2 aromatic rings. The first-order valence-corrected chi connectivity index (χ1v) is 5.70. The number of nitrogens with one attached hydrogen (secondary N) is 1. The molecule has 1 heterocycles. The van der Waals surface area contributed by atoms with Gasteiger partial charge in [-0.25, -0.2) is 5.43 Å². The SMILES string of the molecule is Cc1ccc(C)c(C(NN)c2ccoc2C)c1. The maximum absolute atomic E-state index is 5.69. The molecule has 0 saturated carbocycles. The zero-order valence-corrected chi connectivity index (χ0v) is 10.4. The summed E-state index contributed by atoms with van der Waals surface area (Å²) in [6, 6.07) is 8.32. The van der Waals surface area contributed by atoms with Gasteiger partial charge in [-0.15, -0.1) is 0 Å². The molecule has 0 radical (unpaired) electrons. The van der Waals surface area contributed by atoms with Gasteiger partial charge < -0.3 is 4.42 Å². The lowest BCUT2D eigenvalue weighted by Crippen LogP contribution is -2.29. The largest absolute Gasteiger partial charge is 0.469 e. The van der Waals surface area contributed by atoms with Gasteiger partial charge in [0.25, 0.3) is 0 Å². The monoisotopic (exact) mass is 230 g/mol. The predicted octanol–water partition coefficient (Wildman–Crippen LogP) is 2.76. The minimum Gasteiger partial charge on any atom is -0.469 e. The Labute approximate surface area is 102 Å². The van der Waals surface area contributed by atoms with Crippen LogP contribution in [0, 0.1) is 20.8 Å². The molecule has 1 aromatic heterocycles. The number of hydrogen-bond acceptors (Lipinski definition) is 3. The molecule has 0 spiro atoms. The van der Waals surface area contributed by atoms with Crippen molar-refractivity contribution in [2.24, 2.45) is 5.84 Å². The van der Waals surface area contributed by atoms with E-state index in [9.17, 15) is 0 Å². The Balaban J connectivity index is 2.49. The van der Waals surface area contributed by atoms with E-state index in [1.54, 1.807) is 6.26 Å². The van der Waals surface area contributed by atoms with Crippen LogP contribution < -0.4 is 11.3 Å². The maximum Gasteiger partial charge on any atom is 0.105 e. The van der Waals surface area contributed by atoms with Gasteiger partial charge in [0, 0.05) is 5.56 Å². The first-order valence-electron chi connectivity index (χ1n) is 5.70. The summed E-state index contributed by atoms with van der Waals surface area (Å²) in [6.45, 7) is 6.12. The molecule has 0 bridgehead atoms. The summed E-state index contributed by atoms with van der Waals surface area (Å²) in [5.41, 5.74) is 7.60. The van der Waals surface area contributed by atoms with E-state index in [1.807, 2.05) is 13.0 Å². The van der Waals surface area contributed by atoms with Crippen LogP contribution in [0.3, 0.4) is 0 Å². The normalized spacial score (nSPS) is 12.7. The van der Waals surface area contributed by atoms with E-state index in [1.165, 1.54) is 16.7 Å². The van der Waals surface area contributed by atoms with Gasteiger partial charge in [-0.05, 0) is 38.0 Å². The van der Waals surface area contributed by atoms with E-state index < -0.39 is 0 Å². The topological polar surface area (TPSA) is 51.2 Å². The van der Waals surface area contributed by atoms with Gasteiger partial charge in [0.1, 0.15) is 5.76 Å². The maximum atomic E-state index is 5.69. The summed E-state index contributed by atoms with van der Waals surface area (Å²) in [6.07, 6.45) is 1.69. The van der Waals surface area contributed by atoms with Crippen LogP contribution >= 0.6 is 0 Å². The second-order valence-corrected chi connectivity index (χ2v) is 4.39. The molecule has 0 saturated heterocycles. The van der Waals surface area contributed by atoms with Crippen molar-refractivity contribution in [3.05, 3.63) is 58.5 Å². The third kappa shape index (κ3) is 2.25. The Kier molecular flexibility index (Phi) is 3.31. The molecule has 2 rings (SSSR count). The summed E-state index contributed by atoms with van der Waals surface area (Å²) in [5, 5.41) is 0.